The van der Waals surface area contributed by atoms with E-state index in [9.17, 15) is 4.79 Å². The molecular formula is C18H26N6O. The number of carbonyl (C=O) groups is 1. The number of amides is 1. The van der Waals surface area contributed by atoms with Gasteiger partial charge in [0.25, 0.3) is 5.91 Å². The van der Waals surface area contributed by atoms with Crippen LogP contribution in [0.4, 0.5) is 5.82 Å². The first kappa shape index (κ1) is 17.4. The van der Waals surface area contributed by atoms with Crippen LogP contribution in [0, 0.1) is 5.92 Å². The third-order valence-electron chi connectivity index (χ3n) is 4.67. The smallest absolute Gasteiger partial charge is 0.254 e. The minimum atomic E-state index is -0.443. The molecule has 1 amide bonds. The van der Waals surface area contributed by atoms with Crippen LogP contribution in [0.5, 0.6) is 0 Å². The molecule has 1 aromatic carbocycles. The molecule has 134 valence electrons. The number of nitrogens with one attached hydrogen (secondary N) is 2. The lowest BCUT2D eigenvalue weighted by molar-refractivity contribution is 0.100. The molecule has 1 aromatic heterocycles. The van der Waals surface area contributed by atoms with E-state index < -0.39 is 5.91 Å². The predicted molar refractivity (Wildman–Crippen MR) is 98.5 cm³/mol. The van der Waals surface area contributed by atoms with Crippen molar-refractivity contribution in [2.24, 2.45) is 11.7 Å². The average molecular weight is 342 g/mol. The van der Waals surface area contributed by atoms with Gasteiger partial charge in [0.2, 0.25) is 0 Å². The second-order valence-corrected chi connectivity index (χ2v) is 6.75. The van der Waals surface area contributed by atoms with Gasteiger partial charge in [-0.2, -0.15) is 5.10 Å². The number of aromatic nitrogens is 2. The third kappa shape index (κ3) is 4.00. The molecule has 2 heterocycles. The fraction of sp³-hybridized carbons (Fsp3) is 0.444. The summed E-state index contributed by atoms with van der Waals surface area (Å²) >= 11 is 0. The van der Waals surface area contributed by atoms with Gasteiger partial charge in [0, 0.05) is 38.1 Å². The second kappa shape index (κ2) is 7.67. The molecule has 7 nitrogen and oxygen atoms in total. The Hall–Kier alpha value is -2.38. The molecule has 0 saturated heterocycles. The van der Waals surface area contributed by atoms with E-state index in [1.807, 2.05) is 10.7 Å². The van der Waals surface area contributed by atoms with Crippen LogP contribution in [0.2, 0.25) is 0 Å². The van der Waals surface area contributed by atoms with Gasteiger partial charge in [-0.3, -0.25) is 4.79 Å². The first-order valence-electron chi connectivity index (χ1n) is 8.58. The Balaban J connectivity index is 1.54. The Kier molecular flexibility index (Phi) is 5.35. The van der Waals surface area contributed by atoms with Crippen LogP contribution in [-0.4, -0.2) is 54.3 Å². The molecule has 4 N–H and O–H groups in total. The molecule has 0 spiro atoms. The third-order valence-corrected chi connectivity index (χ3v) is 4.67. The molecule has 0 unspecified atom stereocenters. The molecule has 0 saturated carbocycles. The lowest BCUT2D eigenvalue weighted by Crippen LogP contribution is -2.39. The number of anilines is 1. The van der Waals surface area contributed by atoms with Gasteiger partial charge in [-0.25, -0.2) is 4.68 Å². The van der Waals surface area contributed by atoms with Crippen molar-refractivity contribution in [3.63, 3.8) is 0 Å². The van der Waals surface area contributed by atoms with E-state index in [0.717, 1.165) is 32.0 Å². The molecule has 25 heavy (non-hydrogen) atoms. The minimum Gasteiger partial charge on any atom is -0.369 e. The molecule has 0 fully saturated rings. The van der Waals surface area contributed by atoms with Gasteiger partial charge in [-0.05, 0) is 19.7 Å². The summed E-state index contributed by atoms with van der Waals surface area (Å²) in [6, 6.07) is 10.9. The molecular weight excluding hydrogens is 316 g/mol. The number of primary amides is 1. The molecule has 1 aliphatic rings. The quantitative estimate of drug-likeness (QED) is 0.696. The number of carbonyl (C=O) groups excluding carboxylic acids is 1. The van der Waals surface area contributed by atoms with E-state index in [2.05, 4.69) is 59.0 Å². The van der Waals surface area contributed by atoms with Crippen molar-refractivity contribution in [1.82, 2.24) is 20.0 Å². The first-order chi connectivity index (χ1) is 12.1. The highest BCUT2D eigenvalue weighted by molar-refractivity contribution is 5.97. The fourth-order valence-corrected chi connectivity index (χ4v) is 3.28. The molecule has 1 aliphatic heterocycles. The summed E-state index contributed by atoms with van der Waals surface area (Å²) in [5.74, 6) is 0.702. The lowest BCUT2D eigenvalue weighted by atomic mass is 10.0. The summed E-state index contributed by atoms with van der Waals surface area (Å²) in [5.41, 5.74) is 7.13. The Morgan fingerprint density at radius 1 is 1.44 bits per heavy atom. The number of nitrogens with zero attached hydrogens (tertiary/aromatic N) is 3. The summed E-state index contributed by atoms with van der Waals surface area (Å²) in [4.78, 5) is 13.6. The molecule has 0 aliphatic carbocycles. The zero-order valence-electron chi connectivity index (χ0n) is 14.8. The van der Waals surface area contributed by atoms with Crippen LogP contribution in [0.1, 0.15) is 22.0 Å². The molecule has 2 aromatic rings. The van der Waals surface area contributed by atoms with Gasteiger partial charge in [-0.1, -0.05) is 30.3 Å². The molecule has 0 bridgehead atoms. The number of nitrogens with two attached hydrogens (primary N) is 1. The number of fused-ring (bicyclic) bond motifs is 1. The fourth-order valence-electron chi connectivity index (χ4n) is 3.28. The zero-order chi connectivity index (χ0) is 17.8. The highest BCUT2D eigenvalue weighted by atomic mass is 16.1. The average Bonchev–Trinajstić information content (AvgIpc) is 3.02. The van der Waals surface area contributed by atoms with E-state index in [4.69, 9.17) is 5.73 Å². The van der Waals surface area contributed by atoms with Crippen molar-refractivity contribution in [1.29, 1.82) is 0 Å². The summed E-state index contributed by atoms with van der Waals surface area (Å²) in [6.07, 6.45) is 1.54. The van der Waals surface area contributed by atoms with E-state index in [1.54, 1.807) is 0 Å². The van der Waals surface area contributed by atoms with Crippen LogP contribution in [0.3, 0.4) is 0 Å². The first-order valence-corrected chi connectivity index (χ1v) is 8.58. The Morgan fingerprint density at radius 3 is 2.88 bits per heavy atom. The summed E-state index contributed by atoms with van der Waals surface area (Å²) in [6.45, 7) is 3.35. The van der Waals surface area contributed by atoms with Gasteiger partial charge >= 0.3 is 0 Å². The monoisotopic (exact) mass is 342 g/mol. The molecule has 2 atom stereocenters. The van der Waals surface area contributed by atoms with E-state index in [-0.39, 0.29) is 0 Å². The molecule has 0 radical (unpaired) electrons. The Bertz CT molecular complexity index is 712. The maximum atomic E-state index is 11.4. The maximum absolute atomic E-state index is 11.4. The normalized spacial score (nSPS) is 17.8. The predicted octanol–water partition coefficient (Wildman–Crippen LogP) is 0.916. The van der Waals surface area contributed by atoms with Gasteiger partial charge in [0.05, 0.1) is 6.20 Å². The zero-order valence-corrected chi connectivity index (χ0v) is 14.8. The van der Waals surface area contributed by atoms with Crippen LogP contribution in [0.25, 0.3) is 0 Å². The van der Waals surface area contributed by atoms with Gasteiger partial charge in [0.1, 0.15) is 11.4 Å². The van der Waals surface area contributed by atoms with Crippen LogP contribution < -0.4 is 16.4 Å². The highest BCUT2D eigenvalue weighted by Gasteiger charge is 2.23. The standard InChI is InChI=1S/C18H26N6O/c1-23(2)16(14-6-4-3-5-7-14)11-20-8-13-9-21-18-15(17(19)25)10-22-24(18)12-13/h3-7,10,13,16,20-21H,8-9,11-12H2,1-2H3,(H2,19,25)/t13-,16+/m1/s1. The second-order valence-electron chi connectivity index (χ2n) is 6.75. The number of benzene rings is 1. The van der Waals surface area contributed by atoms with Crippen molar-refractivity contribution < 1.29 is 4.79 Å². The largest absolute Gasteiger partial charge is 0.369 e. The van der Waals surface area contributed by atoms with E-state index in [0.29, 0.717) is 17.5 Å². The summed E-state index contributed by atoms with van der Waals surface area (Å²) in [7, 11) is 4.20. The van der Waals surface area contributed by atoms with Crippen molar-refractivity contribution in [2.75, 3.05) is 39.0 Å². The van der Waals surface area contributed by atoms with Crippen LogP contribution >= 0.6 is 0 Å². The topological polar surface area (TPSA) is 88.2 Å². The molecule has 3 rings (SSSR count). The van der Waals surface area contributed by atoms with Gasteiger partial charge in [0.15, 0.2) is 0 Å². The number of rotatable bonds is 7. The van der Waals surface area contributed by atoms with E-state index >= 15 is 0 Å². The summed E-state index contributed by atoms with van der Waals surface area (Å²) in [5, 5.41) is 11.1. The number of hydrogen-bond acceptors (Lipinski definition) is 5. The Labute approximate surface area is 148 Å². The van der Waals surface area contributed by atoms with Crippen molar-refractivity contribution >= 4 is 11.7 Å². The minimum absolute atomic E-state index is 0.333. The SMILES string of the molecule is CN(C)[C@@H](CNC[C@@H]1CNc2c(C(N)=O)cnn2C1)c1ccccc1. The van der Waals surface area contributed by atoms with Crippen molar-refractivity contribution in [3.05, 3.63) is 47.7 Å². The van der Waals surface area contributed by atoms with Crippen LogP contribution in [0.15, 0.2) is 36.5 Å². The summed E-state index contributed by atoms with van der Waals surface area (Å²) < 4.78 is 1.83. The van der Waals surface area contributed by atoms with Gasteiger partial charge in [-0.15, -0.1) is 0 Å². The lowest BCUT2D eigenvalue weighted by Gasteiger charge is -2.28. The van der Waals surface area contributed by atoms with Gasteiger partial charge < -0.3 is 21.3 Å². The van der Waals surface area contributed by atoms with Crippen molar-refractivity contribution in [3.8, 4) is 0 Å². The number of hydrogen-bond donors (Lipinski definition) is 3. The maximum Gasteiger partial charge on any atom is 0.254 e. The number of likely N-dealkylation sites (N-methyl/N-ethyl adjacent to an activating group) is 1. The highest BCUT2D eigenvalue weighted by Crippen LogP contribution is 2.21. The molecule has 7 heteroatoms. The van der Waals surface area contributed by atoms with Crippen LogP contribution in [-0.2, 0) is 6.54 Å². The Morgan fingerprint density at radius 2 is 2.20 bits per heavy atom. The van der Waals surface area contributed by atoms with E-state index in [1.165, 1.54) is 11.8 Å². The van der Waals surface area contributed by atoms with Crippen molar-refractivity contribution in [2.45, 2.75) is 12.6 Å².